The molecule has 4 nitrogen and oxygen atoms in total. The van der Waals surface area contributed by atoms with Gasteiger partial charge in [-0.1, -0.05) is 26.0 Å². The molecule has 4 heteroatoms. The van der Waals surface area contributed by atoms with E-state index in [1.165, 1.54) is 11.3 Å². The zero-order valence-corrected chi connectivity index (χ0v) is 14.1. The molecule has 1 aromatic carbocycles. The Hall–Kier alpha value is -1.10. The van der Waals surface area contributed by atoms with E-state index in [4.69, 9.17) is 4.74 Å². The van der Waals surface area contributed by atoms with Gasteiger partial charge in [-0.05, 0) is 37.0 Å². The molecule has 1 aliphatic heterocycles. The maximum absolute atomic E-state index is 9.95. The van der Waals surface area contributed by atoms with Gasteiger partial charge in [-0.2, -0.15) is 0 Å². The first-order chi connectivity index (χ1) is 10.6. The third-order valence-corrected chi connectivity index (χ3v) is 4.17. The topological polar surface area (TPSA) is 44.7 Å². The van der Waals surface area contributed by atoms with E-state index in [0.717, 1.165) is 32.7 Å². The van der Waals surface area contributed by atoms with Gasteiger partial charge in [0.1, 0.15) is 0 Å². The van der Waals surface area contributed by atoms with Crippen molar-refractivity contribution in [1.82, 2.24) is 5.32 Å². The minimum atomic E-state index is -0.268. The maximum Gasteiger partial charge on any atom is 0.0667 e. The van der Waals surface area contributed by atoms with Gasteiger partial charge in [-0.15, -0.1) is 0 Å². The van der Waals surface area contributed by atoms with Gasteiger partial charge in [-0.25, -0.2) is 0 Å². The average Bonchev–Trinajstić information content (AvgIpc) is 2.53. The molecule has 1 heterocycles. The SMILES string of the molecule is CC(C)CC(O)CNC(C)c1ccc(N2CCOCC2)cc1. The molecule has 1 saturated heterocycles. The fraction of sp³-hybridized carbons (Fsp3) is 0.667. The lowest BCUT2D eigenvalue weighted by Crippen LogP contribution is -2.36. The number of morpholine rings is 1. The Labute approximate surface area is 134 Å². The molecule has 2 unspecified atom stereocenters. The number of nitrogens with one attached hydrogen (secondary N) is 1. The van der Waals surface area contributed by atoms with Crippen molar-refractivity contribution in [1.29, 1.82) is 0 Å². The van der Waals surface area contributed by atoms with E-state index in [2.05, 4.69) is 55.3 Å². The van der Waals surface area contributed by atoms with Crippen LogP contribution in [-0.2, 0) is 4.74 Å². The lowest BCUT2D eigenvalue weighted by molar-refractivity contribution is 0.122. The molecule has 1 aliphatic rings. The second kappa shape index (κ2) is 8.51. The first kappa shape index (κ1) is 17.3. The van der Waals surface area contributed by atoms with E-state index in [-0.39, 0.29) is 12.1 Å². The zero-order valence-electron chi connectivity index (χ0n) is 14.1. The van der Waals surface area contributed by atoms with E-state index in [1.807, 2.05) is 0 Å². The van der Waals surface area contributed by atoms with Crippen molar-refractivity contribution in [3.8, 4) is 0 Å². The van der Waals surface area contributed by atoms with Gasteiger partial charge < -0.3 is 20.1 Å². The van der Waals surface area contributed by atoms with Crippen molar-refractivity contribution < 1.29 is 9.84 Å². The largest absolute Gasteiger partial charge is 0.392 e. The fourth-order valence-corrected chi connectivity index (χ4v) is 2.85. The predicted octanol–water partition coefficient (Wildman–Crippen LogP) is 2.58. The van der Waals surface area contributed by atoms with Crippen LogP contribution in [0.25, 0.3) is 0 Å². The summed E-state index contributed by atoms with van der Waals surface area (Å²) in [6.07, 6.45) is 0.574. The van der Waals surface area contributed by atoms with Gasteiger partial charge in [0.2, 0.25) is 0 Å². The van der Waals surface area contributed by atoms with Crippen molar-refractivity contribution in [2.24, 2.45) is 5.92 Å². The second-order valence-electron chi connectivity index (χ2n) is 6.60. The van der Waals surface area contributed by atoms with Crippen LogP contribution in [0.15, 0.2) is 24.3 Å². The molecule has 2 atom stereocenters. The highest BCUT2D eigenvalue weighted by molar-refractivity contribution is 5.48. The molecule has 1 fully saturated rings. The van der Waals surface area contributed by atoms with Crippen molar-refractivity contribution in [3.63, 3.8) is 0 Å². The highest BCUT2D eigenvalue weighted by Crippen LogP contribution is 2.20. The monoisotopic (exact) mass is 306 g/mol. The van der Waals surface area contributed by atoms with Crippen molar-refractivity contribution in [3.05, 3.63) is 29.8 Å². The number of rotatable bonds is 7. The first-order valence-corrected chi connectivity index (χ1v) is 8.40. The van der Waals surface area contributed by atoms with Crippen LogP contribution in [-0.4, -0.2) is 44.1 Å². The van der Waals surface area contributed by atoms with Gasteiger partial charge in [0.05, 0.1) is 19.3 Å². The fourth-order valence-electron chi connectivity index (χ4n) is 2.85. The minimum Gasteiger partial charge on any atom is -0.392 e. The molecule has 22 heavy (non-hydrogen) atoms. The summed E-state index contributed by atoms with van der Waals surface area (Å²) in [5, 5.41) is 13.4. The molecule has 2 N–H and O–H groups in total. The molecule has 124 valence electrons. The van der Waals surface area contributed by atoms with Gasteiger partial charge in [0.25, 0.3) is 0 Å². The Morgan fingerprint density at radius 1 is 1.14 bits per heavy atom. The van der Waals surface area contributed by atoms with Crippen LogP contribution in [0, 0.1) is 5.92 Å². The Balaban J connectivity index is 1.83. The highest BCUT2D eigenvalue weighted by atomic mass is 16.5. The molecule has 0 aliphatic carbocycles. The Kier molecular flexibility index (Phi) is 6.68. The summed E-state index contributed by atoms with van der Waals surface area (Å²) in [5.41, 5.74) is 2.52. The normalized spacial score (nSPS) is 18.5. The predicted molar refractivity (Wildman–Crippen MR) is 91.4 cm³/mol. The number of aliphatic hydroxyl groups excluding tert-OH is 1. The summed E-state index contributed by atoms with van der Waals surface area (Å²) < 4.78 is 5.39. The second-order valence-corrected chi connectivity index (χ2v) is 6.60. The van der Waals surface area contributed by atoms with Gasteiger partial charge in [0, 0.05) is 31.4 Å². The number of aliphatic hydroxyl groups is 1. The summed E-state index contributed by atoms with van der Waals surface area (Å²) >= 11 is 0. The standard InChI is InChI=1S/C18H30N2O2/c1-14(2)12-18(21)13-19-15(3)16-4-6-17(7-5-16)20-8-10-22-11-9-20/h4-7,14-15,18-19,21H,8-13H2,1-3H3. The lowest BCUT2D eigenvalue weighted by Gasteiger charge is -2.29. The van der Waals surface area contributed by atoms with Crippen molar-refractivity contribution in [2.45, 2.75) is 39.3 Å². The van der Waals surface area contributed by atoms with Crippen LogP contribution in [0.4, 0.5) is 5.69 Å². The van der Waals surface area contributed by atoms with Crippen LogP contribution in [0.1, 0.15) is 38.8 Å². The number of hydrogen-bond donors (Lipinski definition) is 2. The summed E-state index contributed by atoms with van der Waals surface area (Å²) in [5.74, 6) is 0.528. The summed E-state index contributed by atoms with van der Waals surface area (Å²) in [6.45, 7) is 10.6. The Morgan fingerprint density at radius 2 is 1.77 bits per heavy atom. The van der Waals surface area contributed by atoms with Gasteiger partial charge in [0.15, 0.2) is 0 Å². The lowest BCUT2D eigenvalue weighted by atomic mass is 10.0. The molecule has 2 rings (SSSR count). The minimum absolute atomic E-state index is 0.251. The smallest absolute Gasteiger partial charge is 0.0667 e. The third-order valence-electron chi connectivity index (χ3n) is 4.17. The molecule has 0 bridgehead atoms. The molecule has 0 spiro atoms. The highest BCUT2D eigenvalue weighted by Gasteiger charge is 2.13. The van der Waals surface area contributed by atoms with Crippen molar-refractivity contribution in [2.75, 3.05) is 37.7 Å². The zero-order chi connectivity index (χ0) is 15.9. The van der Waals surface area contributed by atoms with Crippen LogP contribution < -0.4 is 10.2 Å². The Morgan fingerprint density at radius 3 is 2.36 bits per heavy atom. The molecule has 0 amide bonds. The van der Waals surface area contributed by atoms with Crippen molar-refractivity contribution >= 4 is 5.69 Å². The number of nitrogens with zero attached hydrogens (tertiary/aromatic N) is 1. The van der Waals surface area contributed by atoms with E-state index in [9.17, 15) is 5.11 Å². The maximum atomic E-state index is 9.95. The van der Waals surface area contributed by atoms with E-state index < -0.39 is 0 Å². The molecule has 0 radical (unpaired) electrons. The molecular weight excluding hydrogens is 276 g/mol. The van der Waals surface area contributed by atoms with Crippen LogP contribution in [0.5, 0.6) is 0 Å². The van der Waals surface area contributed by atoms with Gasteiger partial charge in [-0.3, -0.25) is 0 Å². The van der Waals surface area contributed by atoms with Gasteiger partial charge >= 0.3 is 0 Å². The summed E-state index contributed by atoms with van der Waals surface area (Å²) in [4.78, 5) is 2.36. The third kappa shape index (κ3) is 5.27. The quantitative estimate of drug-likeness (QED) is 0.813. The molecular formula is C18H30N2O2. The summed E-state index contributed by atoms with van der Waals surface area (Å²) in [7, 11) is 0. The van der Waals surface area contributed by atoms with Crippen LogP contribution in [0.3, 0.4) is 0 Å². The number of ether oxygens (including phenoxy) is 1. The first-order valence-electron chi connectivity index (χ1n) is 8.40. The molecule has 1 aromatic rings. The summed E-state index contributed by atoms with van der Waals surface area (Å²) in [6, 6.07) is 8.97. The van der Waals surface area contributed by atoms with Crippen LogP contribution >= 0.6 is 0 Å². The van der Waals surface area contributed by atoms with Crippen LogP contribution in [0.2, 0.25) is 0 Å². The van der Waals surface area contributed by atoms with E-state index in [0.29, 0.717) is 12.5 Å². The number of benzene rings is 1. The Bertz CT molecular complexity index is 427. The molecule has 0 saturated carbocycles. The van der Waals surface area contributed by atoms with E-state index in [1.54, 1.807) is 0 Å². The van der Waals surface area contributed by atoms with E-state index >= 15 is 0 Å². The number of hydrogen-bond acceptors (Lipinski definition) is 4. The molecule has 0 aromatic heterocycles. The average molecular weight is 306 g/mol. The number of anilines is 1.